The molecule has 2 heterocycles. The molecule has 0 fully saturated rings. The highest BCUT2D eigenvalue weighted by atomic mass is 19.1. The molecule has 0 bridgehead atoms. The van der Waals surface area contributed by atoms with Gasteiger partial charge in [0.15, 0.2) is 0 Å². The van der Waals surface area contributed by atoms with Gasteiger partial charge in [0.25, 0.3) is 0 Å². The molecule has 0 aromatic rings. The molecular weight excluding hydrogens is 345 g/mol. The molecule has 0 spiro atoms. The fourth-order valence-electron chi connectivity index (χ4n) is 3.21. The molecule has 5 nitrogen and oxygen atoms in total. The number of fused-ring (bicyclic) bond motifs is 1. The number of hydrogen-bond donors (Lipinski definition) is 1. The lowest BCUT2D eigenvalue weighted by atomic mass is 10.0. The number of carbonyl (C=O) groups is 1. The fraction of sp³-hybridized carbons (Fsp3) is 0.381. The number of nitrogens with one attached hydrogen (secondary N) is 1. The van der Waals surface area contributed by atoms with E-state index >= 15 is 0 Å². The second kappa shape index (κ2) is 8.28. The lowest BCUT2D eigenvalue weighted by Gasteiger charge is -2.27. The fourth-order valence-corrected chi connectivity index (χ4v) is 3.21. The van der Waals surface area contributed by atoms with Crippen molar-refractivity contribution < 1.29 is 13.9 Å². The van der Waals surface area contributed by atoms with Crippen molar-refractivity contribution >= 4 is 5.97 Å². The number of halogens is 1. The van der Waals surface area contributed by atoms with Crippen molar-refractivity contribution in [1.82, 2.24) is 15.1 Å². The first kappa shape index (κ1) is 19.0. The Balaban J connectivity index is 1.57. The Morgan fingerprint density at radius 1 is 1.44 bits per heavy atom. The normalized spacial score (nSPS) is 23.4. The lowest BCUT2D eigenvalue weighted by Crippen LogP contribution is -2.39. The summed E-state index contributed by atoms with van der Waals surface area (Å²) in [7, 11) is 3.73. The Kier molecular flexibility index (Phi) is 5.82. The SMILES string of the molecule is CCOC(=O)CN(C)C1C=CC(C#CC2=CC3=CC(F)=CN(C)C3N2)=CC1. The number of allylic oxidation sites excluding steroid dienone is 5. The molecule has 0 saturated carbocycles. The van der Waals surface area contributed by atoms with Crippen LogP contribution >= 0.6 is 0 Å². The third kappa shape index (κ3) is 4.69. The van der Waals surface area contributed by atoms with Crippen LogP contribution in [0.15, 0.2) is 59.3 Å². The highest BCUT2D eigenvalue weighted by Crippen LogP contribution is 2.25. The average Bonchev–Trinajstić information content (AvgIpc) is 3.04. The summed E-state index contributed by atoms with van der Waals surface area (Å²) >= 11 is 0. The molecule has 6 heteroatoms. The molecule has 0 aromatic carbocycles. The van der Waals surface area contributed by atoms with Crippen LogP contribution in [0.3, 0.4) is 0 Å². The van der Waals surface area contributed by atoms with Crippen LogP contribution in [-0.2, 0) is 9.53 Å². The Hall–Kier alpha value is -2.78. The molecule has 3 rings (SSSR count). The molecule has 2 aliphatic heterocycles. The van der Waals surface area contributed by atoms with Crippen LogP contribution in [-0.4, -0.2) is 55.2 Å². The first-order valence-electron chi connectivity index (χ1n) is 9.01. The van der Waals surface area contributed by atoms with Gasteiger partial charge in [-0.05, 0) is 44.5 Å². The van der Waals surface area contributed by atoms with E-state index in [1.807, 2.05) is 31.1 Å². The van der Waals surface area contributed by atoms with Crippen molar-refractivity contribution in [3.63, 3.8) is 0 Å². The summed E-state index contributed by atoms with van der Waals surface area (Å²) in [5.74, 6) is 5.79. The zero-order valence-corrected chi connectivity index (χ0v) is 15.8. The summed E-state index contributed by atoms with van der Waals surface area (Å²) in [5.41, 5.74) is 2.58. The molecule has 0 saturated heterocycles. The van der Waals surface area contributed by atoms with Gasteiger partial charge >= 0.3 is 5.97 Å². The summed E-state index contributed by atoms with van der Waals surface area (Å²) in [6.07, 6.45) is 11.7. The number of rotatable bonds is 4. The standard InChI is InChI=1S/C21H24FN3O2/c1-4-27-20(26)14-24(2)19-9-6-15(7-10-19)5-8-18-12-16-11-17(22)13-25(3)21(16)23-18/h6-7,9,11-13,19,21,23H,4,10,14H2,1-3H3. The first-order valence-corrected chi connectivity index (χ1v) is 9.01. The van der Waals surface area contributed by atoms with E-state index < -0.39 is 0 Å². The monoisotopic (exact) mass is 369 g/mol. The third-order valence-corrected chi connectivity index (χ3v) is 4.63. The molecule has 1 N–H and O–H groups in total. The quantitative estimate of drug-likeness (QED) is 0.608. The second-order valence-corrected chi connectivity index (χ2v) is 6.72. The minimum absolute atomic E-state index is 0.0643. The van der Waals surface area contributed by atoms with E-state index in [0.717, 1.165) is 23.3 Å². The van der Waals surface area contributed by atoms with Crippen LogP contribution in [0, 0.1) is 11.8 Å². The topological polar surface area (TPSA) is 44.8 Å². The van der Waals surface area contributed by atoms with Gasteiger partial charge in [0, 0.05) is 30.4 Å². The van der Waals surface area contributed by atoms with Crippen molar-refractivity contribution in [3.05, 3.63) is 59.3 Å². The first-order chi connectivity index (χ1) is 13.0. The number of carbonyl (C=O) groups excluding carboxylic acids is 1. The average molecular weight is 369 g/mol. The van der Waals surface area contributed by atoms with Crippen molar-refractivity contribution in [2.24, 2.45) is 0 Å². The number of nitrogens with zero attached hydrogens (tertiary/aromatic N) is 2. The molecule has 0 aromatic heterocycles. The van der Waals surface area contributed by atoms with Gasteiger partial charge in [-0.2, -0.15) is 0 Å². The van der Waals surface area contributed by atoms with Gasteiger partial charge in [0.2, 0.25) is 0 Å². The smallest absolute Gasteiger partial charge is 0.320 e. The molecule has 3 aliphatic rings. The minimum atomic E-state index is -0.257. The van der Waals surface area contributed by atoms with Crippen molar-refractivity contribution in [2.45, 2.75) is 25.6 Å². The minimum Gasteiger partial charge on any atom is -0.465 e. The molecule has 2 atom stereocenters. The Morgan fingerprint density at radius 2 is 2.26 bits per heavy atom. The van der Waals surface area contributed by atoms with Gasteiger partial charge in [-0.15, -0.1) is 0 Å². The van der Waals surface area contributed by atoms with Gasteiger partial charge in [-0.25, -0.2) is 4.39 Å². The van der Waals surface area contributed by atoms with Crippen molar-refractivity contribution in [2.75, 3.05) is 27.2 Å². The maximum Gasteiger partial charge on any atom is 0.320 e. The molecular formula is C21H24FN3O2. The van der Waals surface area contributed by atoms with E-state index in [0.29, 0.717) is 6.61 Å². The van der Waals surface area contributed by atoms with Gasteiger partial charge < -0.3 is 15.0 Å². The van der Waals surface area contributed by atoms with Gasteiger partial charge in [-0.1, -0.05) is 18.1 Å². The maximum atomic E-state index is 13.5. The van der Waals surface area contributed by atoms with E-state index in [9.17, 15) is 9.18 Å². The Morgan fingerprint density at radius 3 is 2.96 bits per heavy atom. The molecule has 27 heavy (non-hydrogen) atoms. The van der Waals surface area contributed by atoms with Crippen LogP contribution in [0.4, 0.5) is 4.39 Å². The number of likely N-dealkylation sites (N-methyl/N-ethyl adjacent to an activating group) is 2. The van der Waals surface area contributed by atoms with Crippen molar-refractivity contribution in [3.8, 4) is 11.8 Å². The summed E-state index contributed by atoms with van der Waals surface area (Å²) < 4.78 is 18.5. The summed E-state index contributed by atoms with van der Waals surface area (Å²) in [5, 5.41) is 3.29. The summed E-state index contributed by atoms with van der Waals surface area (Å²) in [6.45, 7) is 2.47. The van der Waals surface area contributed by atoms with Crippen LogP contribution in [0.5, 0.6) is 0 Å². The van der Waals surface area contributed by atoms with E-state index in [1.165, 1.54) is 12.3 Å². The maximum absolute atomic E-state index is 13.5. The highest BCUT2D eigenvalue weighted by Gasteiger charge is 2.26. The van der Waals surface area contributed by atoms with Gasteiger partial charge in [-0.3, -0.25) is 9.69 Å². The summed E-state index contributed by atoms with van der Waals surface area (Å²) in [4.78, 5) is 15.3. The number of ether oxygens (including phenoxy) is 1. The van der Waals surface area contributed by atoms with E-state index in [2.05, 4.69) is 29.3 Å². The molecule has 142 valence electrons. The Labute approximate surface area is 159 Å². The highest BCUT2D eigenvalue weighted by molar-refractivity contribution is 5.71. The third-order valence-electron chi connectivity index (χ3n) is 4.63. The predicted molar refractivity (Wildman–Crippen MR) is 103 cm³/mol. The Bertz CT molecular complexity index is 826. The molecule has 1 aliphatic carbocycles. The van der Waals surface area contributed by atoms with E-state index in [1.54, 1.807) is 11.8 Å². The van der Waals surface area contributed by atoms with E-state index in [-0.39, 0.29) is 30.5 Å². The zero-order chi connectivity index (χ0) is 19.4. The second-order valence-electron chi connectivity index (χ2n) is 6.72. The predicted octanol–water partition coefficient (Wildman–Crippen LogP) is 2.24. The zero-order valence-electron chi connectivity index (χ0n) is 15.8. The number of hydrogen-bond acceptors (Lipinski definition) is 5. The summed E-state index contributed by atoms with van der Waals surface area (Å²) in [6, 6.07) is 0.152. The number of esters is 1. The molecule has 2 unspecified atom stereocenters. The van der Waals surface area contributed by atoms with Crippen LogP contribution in [0.1, 0.15) is 13.3 Å². The van der Waals surface area contributed by atoms with Gasteiger partial charge in [0.05, 0.1) is 18.8 Å². The largest absolute Gasteiger partial charge is 0.465 e. The molecule has 0 amide bonds. The van der Waals surface area contributed by atoms with Crippen molar-refractivity contribution in [1.29, 1.82) is 0 Å². The van der Waals surface area contributed by atoms with E-state index in [4.69, 9.17) is 4.74 Å². The lowest BCUT2D eigenvalue weighted by molar-refractivity contribution is -0.144. The van der Waals surface area contributed by atoms with Crippen LogP contribution < -0.4 is 5.32 Å². The van der Waals surface area contributed by atoms with Crippen LogP contribution in [0.25, 0.3) is 0 Å². The molecule has 0 radical (unpaired) electrons. The van der Waals surface area contributed by atoms with Crippen LogP contribution in [0.2, 0.25) is 0 Å². The van der Waals surface area contributed by atoms with Gasteiger partial charge in [0.1, 0.15) is 12.0 Å².